The number of aliphatic carboxylic acids is 1. The molecule has 2 rings (SSSR count). The van der Waals surface area contributed by atoms with E-state index in [-0.39, 0.29) is 23.9 Å². The minimum Gasteiger partial charge on any atom is -0.481 e. The van der Waals surface area contributed by atoms with Crippen molar-refractivity contribution in [3.63, 3.8) is 0 Å². The van der Waals surface area contributed by atoms with Gasteiger partial charge < -0.3 is 9.67 Å². The van der Waals surface area contributed by atoms with Gasteiger partial charge in [0.05, 0.1) is 23.6 Å². The lowest BCUT2D eigenvalue weighted by molar-refractivity contribution is -0.137. The van der Waals surface area contributed by atoms with Gasteiger partial charge in [0.15, 0.2) is 0 Å². The third-order valence-electron chi connectivity index (χ3n) is 3.25. The molecule has 0 amide bonds. The zero-order valence-electron chi connectivity index (χ0n) is 11.0. The van der Waals surface area contributed by atoms with Crippen molar-refractivity contribution in [3.05, 3.63) is 35.0 Å². The maximum Gasteiger partial charge on any atom is 0.418 e. The predicted octanol–water partition coefficient (Wildman–Crippen LogP) is 3.31. The molecule has 0 aliphatic rings. The molecule has 0 unspecified atom stereocenters. The summed E-state index contributed by atoms with van der Waals surface area (Å²) in [7, 11) is 0. The van der Waals surface area contributed by atoms with Crippen LogP contribution in [0.4, 0.5) is 13.2 Å². The minimum absolute atomic E-state index is 0.0772. The normalized spacial score (nSPS) is 11.6. The van der Waals surface area contributed by atoms with E-state index < -0.39 is 23.3 Å². The average molecular weight is 296 g/mol. The lowest BCUT2D eigenvalue weighted by Crippen LogP contribution is -2.09. The van der Waals surface area contributed by atoms with Crippen molar-refractivity contribution < 1.29 is 23.1 Å². The number of rotatable bonds is 3. The fourth-order valence-electron chi connectivity index (χ4n) is 2.37. The second-order valence-electron chi connectivity index (χ2n) is 4.61. The van der Waals surface area contributed by atoms with Crippen LogP contribution in [0, 0.1) is 18.3 Å². The molecule has 0 saturated heterocycles. The summed E-state index contributed by atoms with van der Waals surface area (Å²) in [6.45, 7) is 1.68. The Bertz CT molecular complexity index is 754. The van der Waals surface area contributed by atoms with Gasteiger partial charge in [-0.3, -0.25) is 4.79 Å². The minimum atomic E-state index is -4.64. The maximum absolute atomic E-state index is 13.2. The van der Waals surface area contributed by atoms with E-state index in [9.17, 15) is 18.0 Å². The number of hydrogen-bond acceptors (Lipinski definition) is 2. The number of halogens is 3. The number of aryl methyl sites for hydroxylation is 2. The molecule has 0 radical (unpaired) electrons. The van der Waals surface area contributed by atoms with E-state index in [0.717, 1.165) is 6.07 Å². The van der Waals surface area contributed by atoms with Gasteiger partial charge in [-0.1, -0.05) is 0 Å². The summed E-state index contributed by atoms with van der Waals surface area (Å²) in [5.74, 6) is -1.03. The van der Waals surface area contributed by atoms with Crippen LogP contribution in [0.2, 0.25) is 0 Å². The molecule has 1 N–H and O–H groups in total. The van der Waals surface area contributed by atoms with E-state index in [1.807, 2.05) is 0 Å². The summed E-state index contributed by atoms with van der Waals surface area (Å²) in [6.07, 6.45) is -4.83. The number of fused-ring (bicyclic) bond motifs is 1. The van der Waals surface area contributed by atoms with Gasteiger partial charge >= 0.3 is 12.1 Å². The topological polar surface area (TPSA) is 66.0 Å². The molecule has 1 aromatic heterocycles. The molecule has 0 aliphatic heterocycles. The largest absolute Gasteiger partial charge is 0.481 e. The molecule has 7 heteroatoms. The van der Waals surface area contributed by atoms with Gasteiger partial charge in [0, 0.05) is 23.1 Å². The van der Waals surface area contributed by atoms with Gasteiger partial charge in [0.1, 0.15) is 0 Å². The Morgan fingerprint density at radius 2 is 2.10 bits per heavy atom. The SMILES string of the molecule is Cc1cc2c(C(F)(F)F)c(C#N)ccc2n1CCC(=O)O. The molecule has 0 atom stereocenters. The standard InChI is InChI=1S/C14H11F3N2O2/c1-8-6-10-11(19(8)5-4-12(20)21)3-2-9(7-18)13(10)14(15,16)17/h2-3,6H,4-5H2,1H3,(H,20,21). The summed E-state index contributed by atoms with van der Waals surface area (Å²) in [6, 6.07) is 5.41. The van der Waals surface area contributed by atoms with E-state index in [4.69, 9.17) is 10.4 Å². The number of nitriles is 1. The fourth-order valence-corrected chi connectivity index (χ4v) is 2.37. The summed E-state index contributed by atoms with van der Waals surface area (Å²) in [5, 5.41) is 17.5. The zero-order chi connectivity index (χ0) is 15.8. The highest BCUT2D eigenvalue weighted by atomic mass is 19.4. The van der Waals surface area contributed by atoms with Gasteiger partial charge in [-0.25, -0.2) is 0 Å². The van der Waals surface area contributed by atoms with Crippen LogP contribution in [0.3, 0.4) is 0 Å². The van der Waals surface area contributed by atoms with Crippen LogP contribution in [-0.2, 0) is 17.5 Å². The van der Waals surface area contributed by atoms with Crippen LogP contribution in [-0.4, -0.2) is 15.6 Å². The lowest BCUT2D eigenvalue weighted by Gasteiger charge is -2.11. The van der Waals surface area contributed by atoms with Crippen LogP contribution in [0.1, 0.15) is 23.2 Å². The number of benzene rings is 1. The summed E-state index contributed by atoms with van der Waals surface area (Å²) < 4.78 is 41.0. The Hall–Kier alpha value is -2.49. The van der Waals surface area contributed by atoms with Crippen molar-refractivity contribution in [2.24, 2.45) is 0 Å². The van der Waals surface area contributed by atoms with Crippen molar-refractivity contribution in [2.75, 3.05) is 0 Å². The van der Waals surface area contributed by atoms with Crippen molar-refractivity contribution in [1.82, 2.24) is 4.57 Å². The number of carbonyl (C=O) groups is 1. The van der Waals surface area contributed by atoms with Crippen molar-refractivity contribution >= 4 is 16.9 Å². The van der Waals surface area contributed by atoms with E-state index in [0.29, 0.717) is 5.69 Å². The highest BCUT2D eigenvalue weighted by Crippen LogP contribution is 2.38. The van der Waals surface area contributed by atoms with Crippen LogP contribution in [0.15, 0.2) is 18.2 Å². The number of nitrogens with zero attached hydrogens (tertiary/aromatic N) is 2. The summed E-state index contributed by atoms with van der Waals surface area (Å²) in [4.78, 5) is 10.6. The van der Waals surface area contributed by atoms with Gasteiger partial charge in [-0.2, -0.15) is 18.4 Å². The Morgan fingerprint density at radius 3 is 2.62 bits per heavy atom. The van der Waals surface area contributed by atoms with Crippen LogP contribution in [0.5, 0.6) is 0 Å². The first kappa shape index (κ1) is 14.9. The molecular weight excluding hydrogens is 285 g/mol. The number of alkyl halides is 3. The van der Waals surface area contributed by atoms with Crippen molar-refractivity contribution in [3.8, 4) is 6.07 Å². The number of hydrogen-bond donors (Lipinski definition) is 1. The molecule has 0 saturated carbocycles. The monoisotopic (exact) mass is 296 g/mol. The highest BCUT2D eigenvalue weighted by molar-refractivity contribution is 5.87. The second-order valence-corrected chi connectivity index (χ2v) is 4.61. The molecular formula is C14H11F3N2O2. The van der Waals surface area contributed by atoms with E-state index in [1.165, 1.54) is 16.7 Å². The molecule has 1 heterocycles. The van der Waals surface area contributed by atoms with Crippen LogP contribution >= 0.6 is 0 Å². The molecule has 1 aromatic carbocycles. The third kappa shape index (κ3) is 2.70. The predicted molar refractivity (Wildman–Crippen MR) is 68.6 cm³/mol. The van der Waals surface area contributed by atoms with E-state index >= 15 is 0 Å². The highest BCUT2D eigenvalue weighted by Gasteiger charge is 2.36. The van der Waals surface area contributed by atoms with Gasteiger partial charge in [0.2, 0.25) is 0 Å². The molecule has 4 nitrogen and oxygen atoms in total. The maximum atomic E-state index is 13.2. The lowest BCUT2D eigenvalue weighted by atomic mass is 10.0. The molecule has 2 aromatic rings. The molecule has 21 heavy (non-hydrogen) atoms. The fraction of sp³-hybridized carbons (Fsp3) is 0.286. The van der Waals surface area contributed by atoms with Gasteiger partial charge in [-0.15, -0.1) is 0 Å². The Kier molecular flexibility index (Phi) is 3.64. The Labute approximate surface area is 118 Å². The van der Waals surface area contributed by atoms with Gasteiger partial charge in [0.25, 0.3) is 0 Å². The first-order valence-corrected chi connectivity index (χ1v) is 6.07. The Morgan fingerprint density at radius 1 is 1.43 bits per heavy atom. The summed E-state index contributed by atoms with van der Waals surface area (Å²) >= 11 is 0. The third-order valence-corrected chi connectivity index (χ3v) is 3.25. The van der Waals surface area contributed by atoms with Crippen LogP contribution < -0.4 is 0 Å². The zero-order valence-corrected chi connectivity index (χ0v) is 11.0. The number of carboxylic acid groups (broad SMARTS) is 1. The Balaban J connectivity index is 2.70. The van der Waals surface area contributed by atoms with Gasteiger partial charge in [-0.05, 0) is 25.1 Å². The smallest absolute Gasteiger partial charge is 0.418 e. The second kappa shape index (κ2) is 5.13. The molecule has 0 bridgehead atoms. The molecule has 110 valence electrons. The summed E-state index contributed by atoms with van der Waals surface area (Å²) in [5.41, 5.74) is -0.614. The number of aromatic nitrogens is 1. The molecule has 0 aliphatic carbocycles. The quantitative estimate of drug-likeness (QED) is 0.945. The van der Waals surface area contributed by atoms with Crippen molar-refractivity contribution in [1.29, 1.82) is 5.26 Å². The van der Waals surface area contributed by atoms with Crippen molar-refractivity contribution in [2.45, 2.75) is 26.1 Å². The first-order valence-electron chi connectivity index (χ1n) is 6.07. The van der Waals surface area contributed by atoms with E-state index in [1.54, 1.807) is 13.0 Å². The van der Waals surface area contributed by atoms with E-state index in [2.05, 4.69) is 0 Å². The van der Waals surface area contributed by atoms with Crippen LogP contribution in [0.25, 0.3) is 10.9 Å². The average Bonchev–Trinajstić information content (AvgIpc) is 2.69. The molecule has 0 spiro atoms. The first-order chi connectivity index (χ1) is 9.75. The number of carboxylic acids is 1. The molecule has 0 fully saturated rings.